The van der Waals surface area contributed by atoms with Crippen LogP contribution in [0.15, 0.2) is 24.3 Å². The summed E-state index contributed by atoms with van der Waals surface area (Å²) in [5.74, 6) is 0.830. The Bertz CT molecular complexity index is 462. The van der Waals surface area contributed by atoms with Gasteiger partial charge in [-0.2, -0.15) is 0 Å². The zero-order valence-corrected chi connectivity index (χ0v) is 13.7. The van der Waals surface area contributed by atoms with E-state index in [1.807, 2.05) is 0 Å². The molecular weight excluding hydrogens is 264 g/mol. The zero-order valence-electron chi connectivity index (χ0n) is 13.7. The van der Waals surface area contributed by atoms with Gasteiger partial charge in [-0.1, -0.05) is 39.8 Å². The van der Waals surface area contributed by atoms with Crippen molar-refractivity contribution < 1.29 is 14.3 Å². The van der Waals surface area contributed by atoms with E-state index in [-0.39, 0.29) is 17.7 Å². The monoisotopic (exact) mass is 290 g/mol. The highest BCUT2D eigenvalue weighted by Gasteiger charge is 2.22. The number of ether oxygens (including phenoxy) is 1. The molecule has 0 radical (unpaired) electrons. The third-order valence-electron chi connectivity index (χ3n) is 3.47. The standard InChI is InChI=1S/C18H26O3/c1-12(2)10-16(11-13(3)4)17(19)14-6-8-15(9-7-14)18(20)21-5/h6-9,12-13,16H,10-11H2,1-5H3. The van der Waals surface area contributed by atoms with Gasteiger partial charge in [-0.3, -0.25) is 4.79 Å². The molecule has 0 atom stereocenters. The molecule has 116 valence electrons. The molecule has 3 heteroatoms. The van der Waals surface area contributed by atoms with Crippen LogP contribution >= 0.6 is 0 Å². The lowest BCUT2D eigenvalue weighted by molar-refractivity contribution is 0.0600. The van der Waals surface area contributed by atoms with E-state index >= 15 is 0 Å². The Morgan fingerprint density at radius 1 is 0.905 bits per heavy atom. The molecule has 0 amide bonds. The summed E-state index contributed by atoms with van der Waals surface area (Å²) >= 11 is 0. The largest absolute Gasteiger partial charge is 0.465 e. The molecule has 3 nitrogen and oxygen atoms in total. The third kappa shape index (κ3) is 5.33. The fraction of sp³-hybridized carbons (Fsp3) is 0.556. The van der Waals surface area contributed by atoms with Gasteiger partial charge in [0, 0.05) is 11.5 Å². The van der Waals surface area contributed by atoms with E-state index in [2.05, 4.69) is 32.4 Å². The van der Waals surface area contributed by atoms with Crippen LogP contribution in [0, 0.1) is 17.8 Å². The molecule has 0 aliphatic carbocycles. The quantitative estimate of drug-likeness (QED) is 0.553. The molecule has 21 heavy (non-hydrogen) atoms. The number of Topliss-reactive ketones (excluding diaryl/α,β-unsaturated/α-hetero) is 1. The first kappa shape index (κ1) is 17.4. The smallest absolute Gasteiger partial charge is 0.337 e. The summed E-state index contributed by atoms with van der Waals surface area (Å²) in [7, 11) is 1.35. The van der Waals surface area contributed by atoms with Crippen molar-refractivity contribution in [3.8, 4) is 0 Å². The van der Waals surface area contributed by atoms with E-state index in [0.29, 0.717) is 23.0 Å². The van der Waals surface area contributed by atoms with Gasteiger partial charge in [0.1, 0.15) is 0 Å². The van der Waals surface area contributed by atoms with Crippen LogP contribution in [0.1, 0.15) is 61.3 Å². The van der Waals surface area contributed by atoms with Crippen LogP contribution in [0.25, 0.3) is 0 Å². The van der Waals surface area contributed by atoms with E-state index in [0.717, 1.165) is 12.8 Å². The number of carbonyl (C=O) groups excluding carboxylic acids is 2. The third-order valence-corrected chi connectivity index (χ3v) is 3.47. The van der Waals surface area contributed by atoms with Gasteiger partial charge in [-0.25, -0.2) is 4.79 Å². The number of hydrogen-bond donors (Lipinski definition) is 0. The van der Waals surface area contributed by atoms with E-state index in [1.165, 1.54) is 7.11 Å². The van der Waals surface area contributed by atoms with Crippen LogP contribution in [-0.4, -0.2) is 18.9 Å². The normalized spacial score (nSPS) is 11.2. The van der Waals surface area contributed by atoms with Crippen molar-refractivity contribution >= 4 is 11.8 Å². The fourth-order valence-electron chi connectivity index (χ4n) is 2.57. The maximum absolute atomic E-state index is 12.7. The van der Waals surface area contributed by atoms with E-state index in [1.54, 1.807) is 24.3 Å². The van der Waals surface area contributed by atoms with Crippen LogP contribution < -0.4 is 0 Å². The molecule has 0 saturated heterocycles. The lowest BCUT2D eigenvalue weighted by Gasteiger charge is -2.20. The molecule has 1 aromatic rings. The first-order valence-electron chi connectivity index (χ1n) is 7.57. The first-order chi connectivity index (χ1) is 9.85. The lowest BCUT2D eigenvalue weighted by Crippen LogP contribution is -2.19. The molecule has 0 spiro atoms. The van der Waals surface area contributed by atoms with E-state index < -0.39 is 0 Å². The molecule has 0 aliphatic rings. The molecular formula is C18H26O3. The number of esters is 1. The SMILES string of the molecule is COC(=O)c1ccc(C(=O)C(CC(C)C)CC(C)C)cc1. The molecule has 1 aromatic carbocycles. The fourth-order valence-corrected chi connectivity index (χ4v) is 2.57. The summed E-state index contributed by atoms with van der Waals surface area (Å²) in [6.07, 6.45) is 1.80. The molecule has 1 rings (SSSR count). The van der Waals surface area contributed by atoms with Gasteiger partial charge in [0.2, 0.25) is 0 Å². The lowest BCUT2D eigenvalue weighted by atomic mass is 9.84. The van der Waals surface area contributed by atoms with Crippen LogP contribution in [0.4, 0.5) is 0 Å². The Balaban J connectivity index is 2.90. The van der Waals surface area contributed by atoms with Gasteiger partial charge in [-0.05, 0) is 36.8 Å². The molecule has 0 unspecified atom stereocenters. The Kier molecular flexibility index (Phi) is 6.60. The number of methoxy groups -OCH3 is 1. The van der Waals surface area contributed by atoms with E-state index in [9.17, 15) is 9.59 Å². The second kappa shape index (κ2) is 7.96. The summed E-state index contributed by atoms with van der Waals surface area (Å²) < 4.78 is 4.67. The zero-order chi connectivity index (χ0) is 16.0. The van der Waals surface area contributed by atoms with Crippen LogP contribution in [0.5, 0.6) is 0 Å². The molecule has 0 saturated carbocycles. The Labute approximate surface area is 127 Å². The summed E-state index contributed by atoms with van der Waals surface area (Å²) in [5.41, 5.74) is 1.15. The van der Waals surface area contributed by atoms with Crippen molar-refractivity contribution in [2.75, 3.05) is 7.11 Å². The average Bonchev–Trinajstić information content (AvgIpc) is 2.44. The minimum atomic E-state index is -0.380. The van der Waals surface area contributed by atoms with Gasteiger partial charge in [0.25, 0.3) is 0 Å². The molecule has 0 aromatic heterocycles. The van der Waals surface area contributed by atoms with Gasteiger partial charge < -0.3 is 4.74 Å². The summed E-state index contributed by atoms with van der Waals surface area (Å²) in [6, 6.07) is 6.76. The van der Waals surface area contributed by atoms with Crippen LogP contribution in [0.3, 0.4) is 0 Å². The maximum Gasteiger partial charge on any atom is 0.337 e. The highest BCUT2D eigenvalue weighted by molar-refractivity contribution is 5.99. The Morgan fingerprint density at radius 2 is 1.33 bits per heavy atom. The summed E-state index contributed by atoms with van der Waals surface area (Å²) in [5, 5.41) is 0. The topological polar surface area (TPSA) is 43.4 Å². The maximum atomic E-state index is 12.7. The van der Waals surface area contributed by atoms with Crippen molar-refractivity contribution in [1.29, 1.82) is 0 Å². The van der Waals surface area contributed by atoms with Crippen LogP contribution in [0.2, 0.25) is 0 Å². The van der Waals surface area contributed by atoms with Crippen molar-refractivity contribution in [3.05, 3.63) is 35.4 Å². The van der Waals surface area contributed by atoms with Gasteiger partial charge in [-0.15, -0.1) is 0 Å². The number of rotatable bonds is 7. The number of hydrogen-bond acceptors (Lipinski definition) is 3. The molecule has 0 fully saturated rings. The number of benzene rings is 1. The number of ketones is 1. The van der Waals surface area contributed by atoms with Crippen molar-refractivity contribution in [2.45, 2.75) is 40.5 Å². The highest BCUT2D eigenvalue weighted by Crippen LogP contribution is 2.24. The Hall–Kier alpha value is -1.64. The van der Waals surface area contributed by atoms with Crippen molar-refractivity contribution in [1.82, 2.24) is 0 Å². The van der Waals surface area contributed by atoms with Crippen LogP contribution in [-0.2, 0) is 4.74 Å². The van der Waals surface area contributed by atoms with Crippen molar-refractivity contribution in [3.63, 3.8) is 0 Å². The average molecular weight is 290 g/mol. The first-order valence-corrected chi connectivity index (χ1v) is 7.57. The molecule has 0 N–H and O–H groups in total. The highest BCUT2D eigenvalue weighted by atomic mass is 16.5. The molecule has 0 heterocycles. The summed E-state index contributed by atoms with van der Waals surface area (Å²) in [4.78, 5) is 24.1. The second-order valence-corrected chi connectivity index (χ2v) is 6.39. The van der Waals surface area contributed by atoms with Gasteiger partial charge in [0.05, 0.1) is 12.7 Å². The second-order valence-electron chi connectivity index (χ2n) is 6.39. The Morgan fingerprint density at radius 3 is 1.71 bits per heavy atom. The van der Waals surface area contributed by atoms with E-state index in [4.69, 9.17) is 0 Å². The predicted molar refractivity (Wildman–Crippen MR) is 84.5 cm³/mol. The van der Waals surface area contributed by atoms with Gasteiger partial charge in [0.15, 0.2) is 5.78 Å². The molecule has 0 aliphatic heterocycles. The minimum Gasteiger partial charge on any atom is -0.465 e. The van der Waals surface area contributed by atoms with Gasteiger partial charge >= 0.3 is 5.97 Å². The minimum absolute atomic E-state index is 0.0500. The predicted octanol–water partition coefficient (Wildman–Crippen LogP) is 4.36. The molecule has 0 bridgehead atoms. The van der Waals surface area contributed by atoms with Crippen molar-refractivity contribution in [2.24, 2.45) is 17.8 Å². The summed E-state index contributed by atoms with van der Waals surface area (Å²) in [6.45, 7) is 8.56. The number of carbonyl (C=O) groups is 2.